The molecule has 0 unspecified atom stereocenters. The Bertz CT molecular complexity index is 828. The lowest BCUT2D eigenvalue weighted by Crippen LogP contribution is -2.36. The van der Waals surface area contributed by atoms with Gasteiger partial charge in [0.2, 0.25) is 5.76 Å². The minimum absolute atomic E-state index is 0.133. The Morgan fingerprint density at radius 3 is 2.69 bits per heavy atom. The van der Waals surface area contributed by atoms with E-state index in [0.29, 0.717) is 16.1 Å². The zero-order valence-electron chi connectivity index (χ0n) is 14.1. The number of likely N-dealkylation sites (N-methyl/N-ethyl adjacent to an activating group) is 1. The molecule has 1 fully saturated rings. The van der Waals surface area contributed by atoms with E-state index in [1.54, 1.807) is 18.2 Å². The van der Waals surface area contributed by atoms with Gasteiger partial charge in [0.25, 0.3) is 0 Å². The Morgan fingerprint density at radius 2 is 2.15 bits per heavy atom. The van der Waals surface area contributed by atoms with Crippen molar-refractivity contribution in [3.63, 3.8) is 0 Å². The normalized spacial score (nSPS) is 18.1. The van der Waals surface area contributed by atoms with Crippen LogP contribution >= 0.6 is 11.6 Å². The van der Waals surface area contributed by atoms with Crippen LogP contribution in [0, 0.1) is 11.3 Å². The average Bonchev–Trinajstić information content (AvgIpc) is 3.21. The standard InChI is InChI=1S/C18H17ClF3N3O/c1-24-5-4-15(10-24)25(14-3-2-13(8-23)16(19)7-14)9-12-6-17(26-11-12)18(20,21)22/h2-3,6-7,11,15H,4-5,9-10H2,1H3/t15-/m0/s1. The van der Waals surface area contributed by atoms with Crippen LogP contribution in [0.2, 0.25) is 5.02 Å². The minimum Gasteiger partial charge on any atom is -0.459 e. The molecule has 1 aliphatic heterocycles. The number of nitriles is 1. The molecule has 1 aromatic carbocycles. The first-order valence-electron chi connectivity index (χ1n) is 8.07. The Morgan fingerprint density at radius 1 is 1.38 bits per heavy atom. The highest BCUT2D eigenvalue weighted by Crippen LogP contribution is 2.33. The maximum absolute atomic E-state index is 12.8. The van der Waals surface area contributed by atoms with E-state index in [1.165, 1.54) is 0 Å². The number of likely N-dealkylation sites (tertiary alicyclic amines) is 1. The number of rotatable bonds is 4. The summed E-state index contributed by atoms with van der Waals surface area (Å²) in [6.07, 6.45) is -2.48. The summed E-state index contributed by atoms with van der Waals surface area (Å²) in [5.74, 6) is -1.01. The van der Waals surface area contributed by atoms with Crippen LogP contribution in [0.25, 0.3) is 0 Å². The summed E-state index contributed by atoms with van der Waals surface area (Å²) >= 11 is 6.15. The minimum atomic E-state index is -4.51. The molecule has 0 radical (unpaired) electrons. The summed E-state index contributed by atoms with van der Waals surface area (Å²) in [5, 5.41) is 9.36. The Kier molecular flexibility index (Phi) is 5.17. The molecule has 0 N–H and O–H groups in total. The number of hydrogen-bond acceptors (Lipinski definition) is 4. The van der Waals surface area contributed by atoms with Gasteiger partial charge in [0.05, 0.1) is 16.8 Å². The van der Waals surface area contributed by atoms with Crippen LogP contribution in [0.1, 0.15) is 23.3 Å². The van der Waals surface area contributed by atoms with Gasteiger partial charge >= 0.3 is 6.18 Å². The average molecular weight is 384 g/mol. The SMILES string of the molecule is CN1CC[C@H](N(Cc2coc(C(F)(F)F)c2)c2ccc(C#N)c(Cl)c2)C1. The van der Waals surface area contributed by atoms with E-state index < -0.39 is 11.9 Å². The fourth-order valence-electron chi connectivity index (χ4n) is 3.17. The fraction of sp³-hybridized carbons (Fsp3) is 0.389. The van der Waals surface area contributed by atoms with Crippen molar-refractivity contribution in [2.75, 3.05) is 25.0 Å². The van der Waals surface area contributed by atoms with Gasteiger partial charge in [-0.3, -0.25) is 0 Å². The van der Waals surface area contributed by atoms with Gasteiger partial charge in [0.15, 0.2) is 0 Å². The molecule has 3 rings (SSSR count). The van der Waals surface area contributed by atoms with Crippen molar-refractivity contribution in [1.29, 1.82) is 5.26 Å². The van der Waals surface area contributed by atoms with E-state index in [9.17, 15) is 13.2 Å². The highest BCUT2D eigenvalue weighted by molar-refractivity contribution is 6.32. The molecular weight excluding hydrogens is 367 g/mol. The van der Waals surface area contributed by atoms with E-state index in [4.69, 9.17) is 16.9 Å². The molecule has 0 spiro atoms. The number of benzene rings is 1. The van der Waals surface area contributed by atoms with E-state index in [2.05, 4.69) is 9.32 Å². The topological polar surface area (TPSA) is 43.4 Å². The number of halogens is 4. The first-order chi connectivity index (χ1) is 12.3. The van der Waals surface area contributed by atoms with Crippen LogP contribution in [0.5, 0.6) is 0 Å². The lowest BCUT2D eigenvalue weighted by molar-refractivity contribution is -0.153. The van der Waals surface area contributed by atoms with Crippen LogP contribution in [0.3, 0.4) is 0 Å². The summed E-state index contributed by atoms with van der Waals surface area (Å²) in [5.41, 5.74) is 1.57. The second kappa shape index (κ2) is 7.22. The fourth-order valence-corrected chi connectivity index (χ4v) is 3.39. The van der Waals surface area contributed by atoms with E-state index >= 15 is 0 Å². The quantitative estimate of drug-likeness (QED) is 0.777. The summed E-state index contributed by atoms with van der Waals surface area (Å²) in [7, 11) is 2.00. The monoisotopic (exact) mass is 383 g/mol. The highest BCUT2D eigenvalue weighted by Gasteiger charge is 2.35. The zero-order valence-corrected chi connectivity index (χ0v) is 14.8. The van der Waals surface area contributed by atoms with Crippen LogP contribution in [-0.2, 0) is 12.7 Å². The van der Waals surface area contributed by atoms with Gasteiger partial charge in [-0.25, -0.2) is 0 Å². The third-order valence-corrected chi connectivity index (χ3v) is 4.81. The maximum atomic E-state index is 12.8. The number of anilines is 1. The van der Waals surface area contributed by atoms with Gasteiger partial charge in [0, 0.05) is 30.4 Å². The number of alkyl halides is 3. The van der Waals surface area contributed by atoms with Gasteiger partial charge in [-0.05, 0) is 44.3 Å². The van der Waals surface area contributed by atoms with Crippen molar-refractivity contribution in [3.8, 4) is 6.07 Å². The number of furan rings is 1. The molecule has 1 saturated heterocycles. The van der Waals surface area contributed by atoms with Crippen molar-refractivity contribution in [2.24, 2.45) is 0 Å². The van der Waals surface area contributed by atoms with Gasteiger partial charge in [-0.15, -0.1) is 0 Å². The van der Waals surface area contributed by atoms with Crippen molar-refractivity contribution < 1.29 is 17.6 Å². The van der Waals surface area contributed by atoms with Crippen molar-refractivity contribution in [2.45, 2.75) is 25.2 Å². The Hall–Kier alpha value is -2.17. The molecule has 2 aromatic rings. The molecule has 1 atom stereocenters. The first-order valence-corrected chi connectivity index (χ1v) is 8.45. The molecule has 0 saturated carbocycles. The largest absolute Gasteiger partial charge is 0.459 e. The van der Waals surface area contributed by atoms with E-state index in [0.717, 1.165) is 37.5 Å². The summed E-state index contributed by atoms with van der Waals surface area (Å²) in [6.45, 7) is 1.96. The van der Waals surface area contributed by atoms with Gasteiger partial charge in [0.1, 0.15) is 6.07 Å². The summed E-state index contributed by atoms with van der Waals surface area (Å²) in [6, 6.07) is 8.25. The Labute approximate surface area is 154 Å². The van der Waals surface area contributed by atoms with E-state index in [-0.39, 0.29) is 12.6 Å². The Balaban J connectivity index is 1.90. The zero-order chi connectivity index (χ0) is 18.9. The molecule has 26 heavy (non-hydrogen) atoms. The van der Waals surface area contributed by atoms with Crippen molar-refractivity contribution in [3.05, 3.63) is 52.4 Å². The predicted molar refractivity (Wildman–Crippen MR) is 92.0 cm³/mol. The molecule has 1 aliphatic rings. The molecule has 2 heterocycles. The van der Waals surface area contributed by atoms with Gasteiger partial charge in [-0.2, -0.15) is 18.4 Å². The lowest BCUT2D eigenvalue weighted by Gasteiger charge is -2.31. The smallest absolute Gasteiger partial charge is 0.449 e. The maximum Gasteiger partial charge on any atom is 0.449 e. The predicted octanol–water partition coefficient (Wildman–Crippen LogP) is 4.53. The molecule has 0 aliphatic carbocycles. The summed E-state index contributed by atoms with van der Waals surface area (Å²) in [4.78, 5) is 4.18. The molecule has 138 valence electrons. The molecule has 8 heteroatoms. The molecule has 0 bridgehead atoms. The molecular formula is C18H17ClF3N3O. The molecule has 0 amide bonds. The highest BCUT2D eigenvalue weighted by atomic mass is 35.5. The van der Waals surface area contributed by atoms with Gasteiger partial charge < -0.3 is 14.2 Å². The first kappa shape index (κ1) is 18.6. The van der Waals surface area contributed by atoms with Crippen LogP contribution < -0.4 is 4.90 Å². The molecule has 1 aromatic heterocycles. The second-order valence-corrected chi connectivity index (χ2v) is 6.83. The third-order valence-electron chi connectivity index (χ3n) is 4.50. The van der Waals surface area contributed by atoms with Crippen LogP contribution in [0.15, 0.2) is 34.9 Å². The number of hydrogen-bond donors (Lipinski definition) is 0. The summed E-state index contributed by atoms with van der Waals surface area (Å²) < 4.78 is 43.0. The van der Waals surface area contributed by atoms with Crippen molar-refractivity contribution in [1.82, 2.24) is 4.90 Å². The van der Waals surface area contributed by atoms with E-state index in [1.807, 2.05) is 18.0 Å². The lowest BCUT2D eigenvalue weighted by atomic mass is 10.1. The third kappa shape index (κ3) is 3.97. The van der Waals surface area contributed by atoms with Gasteiger partial charge in [-0.1, -0.05) is 11.6 Å². The van der Waals surface area contributed by atoms with Crippen LogP contribution in [0.4, 0.5) is 18.9 Å². The van der Waals surface area contributed by atoms with Crippen molar-refractivity contribution >= 4 is 17.3 Å². The molecule has 4 nitrogen and oxygen atoms in total. The van der Waals surface area contributed by atoms with Crippen LogP contribution in [-0.4, -0.2) is 31.1 Å². The number of nitrogens with zero attached hydrogens (tertiary/aromatic N) is 3. The second-order valence-electron chi connectivity index (χ2n) is 6.43.